The summed E-state index contributed by atoms with van der Waals surface area (Å²) in [7, 11) is 0. The highest BCUT2D eigenvalue weighted by atomic mass is 16.3. The zero-order valence-electron chi connectivity index (χ0n) is 44.1. The SMILES string of the molecule is Cc1cc2c(cc1N1c3cc4c(cc3B3c5cc6c(cc5N(c5ccc7oc8ccccc8c7c5)c5cc(C(C)(C)C)cc1c53)C(C)(C)CCC6(C)C)C(C)(C)CCC4(C)C)C(C)(C)CC2(C)C. The summed E-state index contributed by atoms with van der Waals surface area (Å²) in [5.41, 5.74) is 25.9. The lowest BCUT2D eigenvalue weighted by Crippen LogP contribution is -2.62. The van der Waals surface area contributed by atoms with Gasteiger partial charge < -0.3 is 14.2 Å². The van der Waals surface area contributed by atoms with Crippen LogP contribution >= 0.6 is 0 Å². The highest BCUT2D eigenvalue weighted by Gasteiger charge is 2.50. The minimum atomic E-state index is -0.119. The van der Waals surface area contributed by atoms with Crippen molar-refractivity contribution in [1.29, 1.82) is 0 Å². The lowest BCUT2D eigenvalue weighted by Gasteiger charge is -2.49. The summed E-state index contributed by atoms with van der Waals surface area (Å²) in [5.74, 6) is 0. The molecule has 12 rings (SSSR count). The first-order valence-electron chi connectivity index (χ1n) is 25.9. The minimum absolute atomic E-state index is 0.0346. The molecule has 0 radical (unpaired) electrons. The molecule has 3 aliphatic carbocycles. The number of nitrogens with zero attached hydrogens (tertiary/aromatic N) is 2. The Kier molecular flexibility index (Phi) is 8.77. The lowest BCUT2D eigenvalue weighted by atomic mass is 9.32. The van der Waals surface area contributed by atoms with E-state index in [0.29, 0.717) is 0 Å². The van der Waals surface area contributed by atoms with E-state index >= 15 is 0 Å². The van der Waals surface area contributed by atoms with Gasteiger partial charge in [-0.15, -0.1) is 0 Å². The van der Waals surface area contributed by atoms with Crippen LogP contribution in [-0.4, -0.2) is 6.71 Å². The van der Waals surface area contributed by atoms with Crippen molar-refractivity contribution < 1.29 is 4.42 Å². The Labute approximate surface area is 407 Å². The predicted octanol–water partition coefficient (Wildman–Crippen LogP) is 15.9. The molecule has 3 nitrogen and oxygen atoms in total. The lowest BCUT2D eigenvalue weighted by molar-refractivity contribution is 0.332. The van der Waals surface area contributed by atoms with E-state index < -0.39 is 0 Å². The fraction of sp³-hybridized carbons (Fsp3) is 0.438. The van der Waals surface area contributed by atoms with Crippen LogP contribution in [0.1, 0.15) is 180 Å². The first kappa shape index (κ1) is 44.0. The molecule has 68 heavy (non-hydrogen) atoms. The fourth-order valence-electron chi connectivity index (χ4n) is 14.3. The molecule has 0 saturated carbocycles. The van der Waals surface area contributed by atoms with Gasteiger partial charge in [0.25, 0.3) is 6.71 Å². The Bertz CT molecular complexity index is 3340. The van der Waals surface area contributed by atoms with Crippen molar-refractivity contribution in [3.8, 4) is 0 Å². The van der Waals surface area contributed by atoms with Crippen molar-refractivity contribution in [2.24, 2.45) is 0 Å². The second-order valence-electron chi connectivity index (χ2n) is 27.1. The second-order valence-corrected chi connectivity index (χ2v) is 27.1. The van der Waals surface area contributed by atoms with Gasteiger partial charge in [-0.25, -0.2) is 0 Å². The smallest absolute Gasteiger partial charge is 0.252 e. The molecule has 0 fully saturated rings. The zero-order chi connectivity index (χ0) is 48.2. The normalized spacial score (nSPS) is 20.7. The average molecular weight is 897 g/mol. The molecule has 0 N–H and O–H groups in total. The average Bonchev–Trinajstić information content (AvgIpc) is 3.71. The van der Waals surface area contributed by atoms with Crippen LogP contribution in [0.2, 0.25) is 0 Å². The highest BCUT2D eigenvalue weighted by molar-refractivity contribution is 7.00. The van der Waals surface area contributed by atoms with Crippen molar-refractivity contribution in [3.63, 3.8) is 0 Å². The van der Waals surface area contributed by atoms with Gasteiger partial charge in [-0.2, -0.15) is 0 Å². The number of benzene rings is 6. The van der Waals surface area contributed by atoms with Crippen molar-refractivity contribution in [1.82, 2.24) is 0 Å². The fourth-order valence-corrected chi connectivity index (χ4v) is 14.3. The molecule has 3 heterocycles. The molecule has 1 aromatic heterocycles. The van der Waals surface area contributed by atoms with Gasteiger partial charge in [-0.05, 0) is 192 Å². The Balaban J connectivity index is 1.25. The van der Waals surface area contributed by atoms with Crippen LogP contribution < -0.4 is 26.2 Å². The third-order valence-corrected chi connectivity index (χ3v) is 18.4. The van der Waals surface area contributed by atoms with E-state index in [1.807, 2.05) is 0 Å². The number of hydrogen-bond acceptors (Lipinski definition) is 3. The minimum Gasteiger partial charge on any atom is -0.456 e. The number of para-hydroxylation sites is 1. The summed E-state index contributed by atoms with van der Waals surface area (Å²) in [4.78, 5) is 5.44. The second kappa shape index (κ2) is 13.6. The van der Waals surface area contributed by atoms with E-state index in [0.717, 1.165) is 28.4 Å². The Morgan fingerprint density at radius 2 is 0.912 bits per heavy atom. The Morgan fingerprint density at radius 1 is 0.456 bits per heavy atom. The van der Waals surface area contributed by atoms with Crippen LogP contribution in [0.25, 0.3) is 21.9 Å². The van der Waals surface area contributed by atoms with Crippen molar-refractivity contribution >= 4 is 79.2 Å². The Hall–Kier alpha value is -5.22. The molecule has 348 valence electrons. The number of anilines is 6. The van der Waals surface area contributed by atoms with Crippen LogP contribution in [0.3, 0.4) is 0 Å². The third-order valence-electron chi connectivity index (χ3n) is 18.4. The van der Waals surface area contributed by atoms with Crippen LogP contribution in [0.4, 0.5) is 34.1 Å². The van der Waals surface area contributed by atoms with Crippen LogP contribution in [0, 0.1) is 6.92 Å². The van der Waals surface area contributed by atoms with Gasteiger partial charge in [0.15, 0.2) is 0 Å². The molecule has 4 heteroatoms. The highest BCUT2D eigenvalue weighted by Crippen LogP contribution is 2.56. The third kappa shape index (κ3) is 6.10. The number of aryl methyl sites for hydroxylation is 1. The molecular formula is C64H73BN2O. The summed E-state index contributed by atoms with van der Waals surface area (Å²) >= 11 is 0. The zero-order valence-corrected chi connectivity index (χ0v) is 44.1. The summed E-state index contributed by atoms with van der Waals surface area (Å²) in [6.45, 7) is 39.5. The van der Waals surface area contributed by atoms with Crippen LogP contribution in [0.5, 0.6) is 0 Å². The van der Waals surface area contributed by atoms with Gasteiger partial charge in [0, 0.05) is 44.9 Å². The van der Waals surface area contributed by atoms with Gasteiger partial charge in [0.1, 0.15) is 11.2 Å². The first-order valence-corrected chi connectivity index (χ1v) is 25.9. The molecule has 0 unspecified atom stereocenters. The number of hydrogen-bond donors (Lipinski definition) is 0. The molecule has 5 aliphatic rings. The van der Waals surface area contributed by atoms with Crippen molar-refractivity contribution in [3.05, 3.63) is 136 Å². The van der Waals surface area contributed by atoms with Gasteiger partial charge in [0.2, 0.25) is 0 Å². The standard InChI is InChI=1S/C64H73BN2O/c1-37-27-42-47(64(15,16)36-63(42,13)14)33-50(37)67-52-35-46-44(60(7,8)24-26-62(46,11)12)32-49(52)65-48-31-43-45(61(9,10)25-23-59(43,5)6)34-51(48)66(53-28-38(58(2,3)4)29-54(67)57(53)65)39-21-22-56-41(30-39)40-19-17-18-20-55(40)68-56/h17-22,27-35H,23-26,36H2,1-16H3. The molecular weight excluding hydrogens is 824 g/mol. The molecule has 0 spiro atoms. The van der Waals surface area contributed by atoms with Crippen molar-refractivity contribution in [2.75, 3.05) is 9.80 Å². The molecule has 7 aromatic rings. The van der Waals surface area contributed by atoms with Gasteiger partial charge in [0.05, 0.1) is 0 Å². The van der Waals surface area contributed by atoms with E-state index in [9.17, 15) is 0 Å². The predicted molar refractivity (Wildman–Crippen MR) is 292 cm³/mol. The van der Waals surface area contributed by atoms with E-state index in [1.165, 1.54) is 121 Å². The molecule has 2 aliphatic heterocycles. The molecule has 0 atom stereocenters. The van der Waals surface area contributed by atoms with E-state index in [1.54, 1.807) is 0 Å². The van der Waals surface area contributed by atoms with E-state index in [-0.39, 0.29) is 44.6 Å². The van der Waals surface area contributed by atoms with Crippen LogP contribution in [-0.2, 0) is 37.9 Å². The van der Waals surface area contributed by atoms with Crippen molar-refractivity contribution in [2.45, 2.75) is 181 Å². The first-order chi connectivity index (χ1) is 31.7. The molecule has 0 amide bonds. The maximum Gasteiger partial charge on any atom is 0.252 e. The summed E-state index contributed by atoms with van der Waals surface area (Å²) in [6, 6.07) is 36.6. The maximum atomic E-state index is 6.51. The number of rotatable bonds is 2. The number of fused-ring (bicyclic) bond motifs is 10. The van der Waals surface area contributed by atoms with E-state index in [2.05, 4.69) is 212 Å². The Morgan fingerprint density at radius 3 is 1.47 bits per heavy atom. The van der Waals surface area contributed by atoms with Gasteiger partial charge in [-0.1, -0.05) is 140 Å². The summed E-state index contributed by atoms with van der Waals surface area (Å²) < 4.78 is 6.51. The number of furan rings is 1. The summed E-state index contributed by atoms with van der Waals surface area (Å²) in [6.07, 6.45) is 5.84. The summed E-state index contributed by atoms with van der Waals surface area (Å²) in [5, 5.41) is 2.32. The topological polar surface area (TPSA) is 19.6 Å². The van der Waals surface area contributed by atoms with E-state index in [4.69, 9.17) is 4.42 Å². The molecule has 0 saturated heterocycles. The monoisotopic (exact) mass is 897 g/mol. The largest absolute Gasteiger partial charge is 0.456 e. The van der Waals surface area contributed by atoms with Gasteiger partial charge >= 0.3 is 0 Å². The molecule has 0 bridgehead atoms. The molecule has 6 aromatic carbocycles. The maximum absolute atomic E-state index is 6.51. The van der Waals surface area contributed by atoms with Crippen LogP contribution in [0.15, 0.2) is 95.4 Å². The quantitative estimate of drug-likeness (QED) is 0.161. The van der Waals surface area contributed by atoms with Gasteiger partial charge in [-0.3, -0.25) is 0 Å².